The molecule has 0 aromatic heterocycles. The van der Waals surface area contributed by atoms with Crippen molar-refractivity contribution < 1.29 is 59.4 Å². The summed E-state index contributed by atoms with van der Waals surface area (Å²) in [6.45, 7) is -3.55. The van der Waals surface area contributed by atoms with Crippen molar-refractivity contribution in [2.24, 2.45) is 0 Å². The second-order valence-corrected chi connectivity index (χ2v) is 6.89. The average molecular weight is 465 g/mol. The summed E-state index contributed by atoms with van der Waals surface area (Å²) in [5.41, 5.74) is 0. The van der Waals surface area contributed by atoms with E-state index in [1.54, 1.807) is 0 Å². The van der Waals surface area contributed by atoms with E-state index in [4.69, 9.17) is 25.5 Å². The normalized spacial score (nSPS) is 12.1. The van der Waals surface area contributed by atoms with Gasteiger partial charge < -0.3 is 30.6 Å². The van der Waals surface area contributed by atoms with Crippen LogP contribution in [-0.4, -0.2) is 140 Å². The van der Waals surface area contributed by atoms with Gasteiger partial charge in [0.25, 0.3) is 0 Å². The highest BCUT2D eigenvalue weighted by molar-refractivity contribution is 5.73. The number of aliphatic carboxylic acids is 6. The lowest BCUT2D eigenvalue weighted by Crippen LogP contribution is -2.50. The van der Waals surface area contributed by atoms with E-state index in [1.165, 1.54) is 4.90 Å². The molecular formula is C17H27N3O12. The first-order valence-corrected chi connectivity index (χ1v) is 9.29. The number of carboxylic acids is 6. The molecule has 182 valence electrons. The first kappa shape index (κ1) is 28.7. The maximum absolute atomic E-state index is 11.3. The van der Waals surface area contributed by atoms with Crippen molar-refractivity contribution in [1.82, 2.24) is 14.7 Å². The van der Waals surface area contributed by atoms with Crippen LogP contribution in [0.3, 0.4) is 0 Å². The lowest BCUT2D eigenvalue weighted by molar-refractivity contribution is -0.143. The molecule has 0 aliphatic carbocycles. The van der Waals surface area contributed by atoms with E-state index in [0.717, 1.165) is 9.80 Å². The van der Waals surface area contributed by atoms with Crippen molar-refractivity contribution in [1.29, 1.82) is 0 Å². The predicted octanol–water partition coefficient (Wildman–Crippen LogP) is -2.45. The van der Waals surface area contributed by atoms with E-state index in [-0.39, 0.29) is 26.2 Å². The third-order valence-corrected chi connectivity index (χ3v) is 4.15. The van der Waals surface area contributed by atoms with Crippen LogP contribution in [-0.2, 0) is 28.8 Å². The Bertz CT molecular complexity index is 666. The van der Waals surface area contributed by atoms with Gasteiger partial charge in [-0.15, -0.1) is 0 Å². The highest BCUT2D eigenvalue weighted by atomic mass is 16.4. The first-order valence-electron chi connectivity index (χ1n) is 9.29. The number of carboxylic acid groups (broad SMARTS) is 6. The minimum Gasteiger partial charge on any atom is -0.481 e. The molecule has 0 bridgehead atoms. The molecule has 15 heteroatoms. The molecule has 0 saturated heterocycles. The van der Waals surface area contributed by atoms with Crippen LogP contribution in [0.25, 0.3) is 0 Å². The fraction of sp³-hybridized carbons (Fsp3) is 0.647. The van der Waals surface area contributed by atoms with Gasteiger partial charge in [0.05, 0.1) is 39.0 Å². The minimum absolute atomic E-state index is 0.139. The summed E-state index contributed by atoms with van der Waals surface area (Å²) in [5.74, 6) is -7.85. The Morgan fingerprint density at radius 2 is 0.969 bits per heavy atom. The first-order chi connectivity index (χ1) is 14.8. The van der Waals surface area contributed by atoms with Gasteiger partial charge >= 0.3 is 35.8 Å². The van der Waals surface area contributed by atoms with Crippen LogP contribution in [0, 0.1) is 0 Å². The van der Waals surface area contributed by atoms with E-state index < -0.39 is 80.9 Å². The smallest absolute Gasteiger partial charge is 0.317 e. The van der Waals surface area contributed by atoms with Gasteiger partial charge in [0.2, 0.25) is 0 Å². The van der Waals surface area contributed by atoms with E-state index in [2.05, 4.69) is 0 Å². The molecule has 1 unspecified atom stereocenters. The lowest BCUT2D eigenvalue weighted by atomic mass is 10.1. The van der Waals surface area contributed by atoms with Gasteiger partial charge in [-0.3, -0.25) is 43.5 Å². The number of nitrogens with zero attached hydrogens (tertiary/aromatic N) is 3. The number of carbonyl (C=O) groups is 6. The summed E-state index contributed by atoms with van der Waals surface area (Å²) >= 11 is 0. The van der Waals surface area contributed by atoms with Crippen molar-refractivity contribution in [3.8, 4) is 0 Å². The van der Waals surface area contributed by atoms with Crippen LogP contribution in [0.4, 0.5) is 0 Å². The van der Waals surface area contributed by atoms with Crippen LogP contribution in [0.15, 0.2) is 0 Å². The molecule has 15 nitrogen and oxygen atoms in total. The van der Waals surface area contributed by atoms with Gasteiger partial charge in [0.15, 0.2) is 0 Å². The summed E-state index contributed by atoms with van der Waals surface area (Å²) in [5, 5.41) is 54.1. The van der Waals surface area contributed by atoms with Gasteiger partial charge in [-0.25, -0.2) is 0 Å². The Balaban J connectivity index is 5.67. The van der Waals surface area contributed by atoms with Crippen molar-refractivity contribution >= 4 is 35.8 Å². The molecule has 0 saturated carbocycles. The Kier molecular flexibility index (Phi) is 13.1. The predicted molar refractivity (Wildman–Crippen MR) is 103 cm³/mol. The zero-order valence-corrected chi connectivity index (χ0v) is 17.1. The third-order valence-electron chi connectivity index (χ3n) is 4.15. The second-order valence-electron chi connectivity index (χ2n) is 6.89. The molecule has 0 radical (unpaired) electrons. The van der Waals surface area contributed by atoms with Crippen LogP contribution >= 0.6 is 0 Å². The molecule has 1 atom stereocenters. The van der Waals surface area contributed by atoms with Crippen LogP contribution in [0.5, 0.6) is 0 Å². The maximum Gasteiger partial charge on any atom is 0.317 e. The van der Waals surface area contributed by atoms with Crippen molar-refractivity contribution in [3.05, 3.63) is 0 Å². The molecule has 0 aromatic carbocycles. The zero-order valence-electron chi connectivity index (χ0n) is 17.1. The maximum atomic E-state index is 11.3. The summed E-state index contributed by atoms with van der Waals surface area (Å²) in [6, 6.07) is -1.03. The molecule has 0 spiro atoms. The molecule has 32 heavy (non-hydrogen) atoms. The highest BCUT2D eigenvalue weighted by Crippen LogP contribution is 2.10. The van der Waals surface area contributed by atoms with Crippen molar-refractivity contribution in [3.63, 3.8) is 0 Å². The van der Waals surface area contributed by atoms with Gasteiger partial charge in [-0.1, -0.05) is 0 Å². The zero-order chi connectivity index (χ0) is 24.8. The van der Waals surface area contributed by atoms with E-state index in [9.17, 15) is 33.9 Å². The molecule has 6 N–H and O–H groups in total. The van der Waals surface area contributed by atoms with Gasteiger partial charge in [0, 0.05) is 32.2 Å². The molecular weight excluding hydrogens is 438 g/mol. The third kappa shape index (κ3) is 14.6. The van der Waals surface area contributed by atoms with E-state index in [0.29, 0.717) is 0 Å². The van der Waals surface area contributed by atoms with Gasteiger partial charge in [-0.2, -0.15) is 0 Å². The minimum atomic E-state index is -1.36. The fourth-order valence-corrected chi connectivity index (χ4v) is 2.96. The van der Waals surface area contributed by atoms with Crippen molar-refractivity contribution in [2.45, 2.75) is 18.9 Å². The van der Waals surface area contributed by atoms with E-state index in [1.807, 2.05) is 0 Å². The molecule has 0 amide bonds. The summed E-state index contributed by atoms with van der Waals surface area (Å²) < 4.78 is 0. The molecule has 0 rings (SSSR count). The average Bonchev–Trinajstić information content (AvgIpc) is 2.58. The van der Waals surface area contributed by atoms with Crippen LogP contribution in [0.2, 0.25) is 0 Å². The monoisotopic (exact) mass is 465 g/mol. The molecule has 0 fully saturated rings. The van der Waals surface area contributed by atoms with Crippen molar-refractivity contribution in [2.75, 3.05) is 52.4 Å². The Morgan fingerprint density at radius 3 is 1.34 bits per heavy atom. The fourth-order valence-electron chi connectivity index (χ4n) is 2.96. The Morgan fingerprint density at radius 1 is 0.531 bits per heavy atom. The summed E-state index contributed by atoms with van der Waals surface area (Å²) in [4.78, 5) is 69.7. The number of hydrogen-bond donors (Lipinski definition) is 6. The van der Waals surface area contributed by atoms with Gasteiger partial charge in [0.1, 0.15) is 0 Å². The lowest BCUT2D eigenvalue weighted by Gasteiger charge is -2.35. The summed E-state index contributed by atoms with van der Waals surface area (Å²) in [6.07, 6.45) is -1.03. The molecule has 0 aromatic rings. The Labute approximate surface area is 182 Å². The highest BCUT2D eigenvalue weighted by Gasteiger charge is 2.27. The number of rotatable bonds is 19. The number of hydrogen-bond acceptors (Lipinski definition) is 9. The summed E-state index contributed by atoms with van der Waals surface area (Å²) in [7, 11) is 0. The van der Waals surface area contributed by atoms with Crippen LogP contribution < -0.4 is 0 Å². The topological polar surface area (TPSA) is 234 Å². The Hall–Kier alpha value is -3.30. The second kappa shape index (κ2) is 14.7. The molecule has 0 aliphatic heterocycles. The SMILES string of the molecule is O=C(O)CCN(CCN(CC(=O)O)CC(=O)O)C(CC(=O)O)CN(CC(=O)O)CC(=O)O. The molecule has 0 heterocycles. The van der Waals surface area contributed by atoms with Gasteiger partial charge in [-0.05, 0) is 0 Å². The van der Waals surface area contributed by atoms with Crippen LogP contribution in [0.1, 0.15) is 12.8 Å². The quantitative estimate of drug-likeness (QED) is 0.116. The molecule has 0 aliphatic rings. The standard InChI is InChI=1S/C17H27N3O12/c21-12(22)1-2-20(4-3-18(7-14(25)26)8-15(27)28)11(5-13(23)24)6-19(9-16(29)30)10-17(31)32/h11H,1-10H2,(H,21,22)(H,23,24)(H,25,26)(H,27,28)(H,29,30)(H,31,32). The largest absolute Gasteiger partial charge is 0.481 e. The van der Waals surface area contributed by atoms with E-state index >= 15 is 0 Å².